The van der Waals surface area contributed by atoms with Crippen LogP contribution >= 0.6 is 0 Å². The van der Waals surface area contributed by atoms with E-state index in [1.165, 1.54) is 22.3 Å². The standard InChI is InChI=1S/C41H25N3O/c1-41(2)34-10-6-4-8-27(34)31-21-33-29-15-13-25(19-39(29)45-40(33)22-35(31)41)30-18-24(23-42)12-16-37(30)44-36-11-7-5-9-28(36)32-20-26(43-3)14-17-38(32)44/h4-22H,1-2H3. The van der Waals surface area contributed by atoms with Gasteiger partial charge in [-0.25, -0.2) is 4.85 Å². The Hall–Kier alpha value is -6.10. The van der Waals surface area contributed by atoms with Crippen LogP contribution < -0.4 is 0 Å². The van der Waals surface area contributed by atoms with E-state index in [4.69, 9.17) is 11.0 Å². The largest absolute Gasteiger partial charge is 0.456 e. The SMILES string of the molecule is [C-]#[N+]c1ccc2c(c1)c1ccccc1n2-c1ccc(C#N)cc1-c1ccc2c(c1)oc1cc3c(cc12)-c1ccccc1C3(C)C. The predicted molar refractivity (Wildman–Crippen MR) is 182 cm³/mol. The number of furan rings is 1. The molecule has 4 nitrogen and oxygen atoms in total. The fourth-order valence-corrected chi connectivity index (χ4v) is 7.46. The van der Waals surface area contributed by atoms with Gasteiger partial charge < -0.3 is 8.98 Å². The fourth-order valence-electron chi connectivity index (χ4n) is 7.46. The first kappa shape index (κ1) is 25.4. The zero-order valence-corrected chi connectivity index (χ0v) is 24.7. The highest BCUT2D eigenvalue weighted by Gasteiger charge is 2.36. The number of nitrogens with zero attached hydrogens (tertiary/aromatic N) is 3. The van der Waals surface area contributed by atoms with E-state index in [0.717, 1.165) is 60.6 Å². The van der Waals surface area contributed by atoms with E-state index in [1.807, 2.05) is 48.5 Å². The average Bonchev–Trinajstić information content (AvgIpc) is 3.68. The molecule has 0 N–H and O–H groups in total. The minimum atomic E-state index is -0.102. The summed E-state index contributed by atoms with van der Waals surface area (Å²) < 4.78 is 8.82. The summed E-state index contributed by atoms with van der Waals surface area (Å²) in [6, 6.07) is 41.9. The molecule has 210 valence electrons. The Morgan fingerprint density at radius 3 is 2.33 bits per heavy atom. The minimum Gasteiger partial charge on any atom is -0.456 e. The van der Waals surface area contributed by atoms with E-state index in [-0.39, 0.29) is 5.41 Å². The van der Waals surface area contributed by atoms with Crippen LogP contribution in [0.1, 0.15) is 30.5 Å². The van der Waals surface area contributed by atoms with Gasteiger partial charge >= 0.3 is 0 Å². The van der Waals surface area contributed by atoms with Crippen molar-refractivity contribution in [2.75, 3.05) is 0 Å². The number of hydrogen-bond donors (Lipinski definition) is 0. The molecule has 0 aliphatic heterocycles. The number of aromatic nitrogens is 1. The Bertz CT molecular complexity index is 2650. The van der Waals surface area contributed by atoms with E-state index in [9.17, 15) is 5.26 Å². The number of nitriles is 1. The first-order valence-corrected chi connectivity index (χ1v) is 15.0. The number of fused-ring (bicyclic) bond motifs is 9. The molecule has 1 aliphatic carbocycles. The number of para-hydroxylation sites is 1. The Morgan fingerprint density at radius 2 is 1.47 bits per heavy atom. The van der Waals surface area contributed by atoms with Crippen LogP contribution in [0, 0.1) is 17.9 Å². The molecule has 0 spiro atoms. The Balaban J connectivity index is 1.28. The highest BCUT2D eigenvalue weighted by Crippen LogP contribution is 2.51. The van der Waals surface area contributed by atoms with Gasteiger partial charge in [0, 0.05) is 27.1 Å². The summed E-state index contributed by atoms with van der Waals surface area (Å²) in [5.41, 5.74) is 12.9. The summed E-state index contributed by atoms with van der Waals surface area (Å²) in [5, 5.41) is 14.2. The van der Waals surface area contributed by atoms with Gasteiger partial charge in [-0.3, -0.25) is 0 Å². The maximum atomic E-state index is 9.89. The van der Waals surface area contributed by atoms with E-state index in [1.54, 1.807) is 0 Å². The van der Waals surface area contributed by atoms with Gasteiger partial charge in [0.05, 0.1) is 34.9 Å². The molecule has 9 rings (SSSR count). The molecule has 0 amide bonds. The van der Waals surface area contributed by atoms with Crippen LogP contribution in [0.5, 0.6) is 0 Å². The van der Waals surface area contributed by atoms with Crippen LogP contribution in [0.3, 0.4) is 0 Å². The normalized spacial score (nSPS) is 13.2. The summed E-state index contributed by atoms with van der Waals surface area (Å²) in [4.78, 5) is 3.68. The lowest BCUT2D eigenvalue weighted by molar-refractivity contribution is 0.647. The molecule has 0 atom stereocenters. The molecule has 1 aliphatic rings. The van der Waals surface area contributed by atoms with Crippen molar-refractivity contribution in [1.82, 2.24) is 4.57 Å². The second kappa shape index (κ2) is 8.96. The first-order chi connectivity index (χ1) is 22.0. The van der Waals surface area contributed by atoms with E-state index < -0.39 is 0 Å². The van der Waals surface area contributed by atoms with Gasteiger partial charge in [0.2, 0.25) is 0 Å². The van der Waals surface area contributed by atoms with Crippen LogP contribution in [0.25, 0.3) is 76.5 Å². The van der Waals surface area contributed by atoms with Crippen LogP contribution in [-0.2, 0) is 5.41 Å². The highest BCUT2D eigenvalue weighted by atomic mass is 16.3. The molecule has 0 radical (unpaired) electrons. The summed E-state index contributed by atoms with van der Waals surface area (Å²) >= 11 is 0. The second-order valence-corrected chi connectivity index (χ2v) is 12.4. The summed E-state index contributed by atoms with van der Waals surface area (Å²) in [6.45, 7) is 12.1. The third kappa shape index (κ3) is 3.46. The van der Waals surface area contributed by atoms with Gasteiger partial charge in [0.25, 0.3) is 0 Å². The number of rotatable bonds is 2. The van der Waals surface area contributed by atoms with Crippen molar-refractivity contribution >= 4 is 49.4 Å². The molecule has 2 heterocycles. The van der Waals surface area contributed by atoms with Crippen molar-refractivity contribution in [3.63, 3.8) is 0 Å². The van der Waals surface area contributed by atoms with Gasteiger partial charge in [-0.2, -0.15) is 5.26 Å². The van der Waals surface area contributed by atoms with Crippen LogP contribution in [0.2, 0.25) is 0 Å². The van der Waals surface area contributed by atoms with Crippen molar-refractivity contribution in [2.45, 2.75) is 19.3 Å². The molecule has 8 aromatic rings. The smallest absolute Gasteiger partial charge is 0.188 e. The predicted octanol–water partition coefficient (Wildman–Crippen LogP) is 11.1. The molecule has 0 bridgehead atoms. The van der Waals surface area contributed by atoms with Crippen LogP contribution in [0.4, 0.5) is 5.69 Å². The zero-order chi connectivity index (χ0) is 30.4. The second-order valence-electron chi connectivity index (χ2n) is 12.4. The van der Waals surface area contributed by atoms with Gasteiger partial charge in [-0.1, -0.05) is 68.4 Å². The molecule has 45 heavy (non-hydrogen) atoms. The third-order valence-electron chi connectivity index (χ3n) is 9.64. The monoisotopic (exact) mass is 575 g/mol. The maximum absolute atomic E-state index is 9.89. The summed E-state index contributed by atoms with van der Waals surface area (Å²) in [5.74, 6) is 0. The molecular formula is C41H25N3O. The zero-order valence-electron chi connectivity index (χ0n) is 24.7. The topological polar surface area (TPSA) is 46.2 Å². The Morgan fingerprint density at radius 1 is 0.667 bits per heavy atom. The molecule has 4 heteroatoms. The van der Waals surface area contributed by atoms with E-state index in [0.29, 0.717) is 11.3 Å². The quantitative estimate of drug-likeness (QED) is 0.193. The van der Waals surface area contributed by atoms with Crippen molar-refractivity contribution in [2.24, 2.45) is 0 Å². The van der Waals surface area contributed by atoms with Crippen LogP contribution in [0.15, 0.2) is 120 Å². The lowest BCUT2D eigenvalue weighted by atomic mass is 9.82. The Kier molecular flexibility index (Phi) is 5.06. The maximum Gasteiger partial charge on any atom is 0.188 e. The minimum absolute atomic E-state index is 0.102. The van der Waals surface area contributed by atoms with Gasteiger partial charge in [0.1, 0.15) is 11.2 Å². The highest BCUT2D eigenvalue weighted by molar-refractivity contribution is 6.11. The van der Waals surface area contributed by atoms with Gasteiger partial charge in [-0.15, -0.1) is 0 Å². The number of hydrogen-bond acceptors (Lipinski definition) is 2. The molecule has 0 saturated heterocycles. The van der Waals surface area contributed by atoms with Crippen molar-refractivity contribution in [1.29, 1.82) is 5.26 Å². The molecule has 2 aromatic heterocycles. The molecule has 6 aromatic carbocycles. The van der Waals surface area contributed by atoms with Gasteiger partial charge in [0.15, 0.2) is 5.69 Å². The number of benzene rings is 6. The van der Waals surface area contributed by atoms with Crippen molar-refractivity contribution in [3.05, 3.63) is 143 Å². The lowest BCUT2D eigenvalue weighted by Gasteiger charge is -2.21. The van der Waals surface area contributed by atoms with E-state index in [2.05, 4.69) is 96.1 Å². The van der Waals surface area contributed by atoms with Gasteiger partial charge in [-0.05, 0) is 93.9 Å². The molecule has 0 unspecified atom stereocenters. The lowest BCUT2D eigenvalue weighted by Crippen LogP contribution is -2.14. The Labute approximate surface area is 259 Å². The average molecular weight is 576 g/mol. The molecule has 0 saturated carbocycles. The molecular weight excluding hydrogens is 550 g/mol. The fraction of sp³-hybridized carbons (Fsp3) is 0.0732. The first-order valence-electron chi connectivity index (χ1n) is 15.0. The van der Waals surface area contributed by atoms with E-state index >= 15 is 0 Å². The molecule has 0 fully saturated rings. The summed E-state index contributed by atoms with van der Waals surface area (Å²) in [6.07, 6.45) is 0. The van der Waals surface area contributed by atoms with Crippen LogP contribution in [-0.4, -0.2) is 4.57 Å². The summed E-state index contributed by atoms with van der Waals surface area (Å²) in [7, 11) is 0. The van der Waals surface area contributed by atoms with Crippen molar-refractivity contribution < 1.29 is 4.42 Å². The van der Waals surface area contributed by atoms with Crippen molar-refractivity contribution in [3.8, 4) is 34.0 Å². The third-order valence-corrected chi connectivity index (χ3v) is 9.64.